The van der Waals surface area contributed by atoms with Gasteiger partial charge in [-0.05, 0) is 68.0 Å². The van der Waals surface area contributed by atoms with E-state index in [4.69, 9.17) is 32.4 Å². The Balaban J connectivity index is 1.25. The lowest BCUT2D eigenvalue weighted by atomic mass is 9.71. The van der Waals surface area contributed by atoms with E-state index in [0.29, 0.717) is 59.5 Å². The zero-order chi connectivity index (χ0) is 26.2. The summed E-state index contributed by atoms with van der Waals surface area (Å²) in [5, 5.41) is 12.7. The van der Waals surface area contributed by atoms with Gasteiger partial charge in [0.1, 0.15) is 17.9 Å². The summed E-state index contributed by atoms with van der Waals surface area (Å²) in [5.41, 5.74) is 1.60. The van der Waals surface area contributed by atoms with Gasteiger partial charge in [-0.2, -0.15) is 0 Å². The first-order valence-corrected chi connectivity index (χ1v) is 13.6. The molecule has 1 aliphatic carbocycles. The summed E-state index contributed by atoms with van der Waals surface area (Å²) in [7, 11) is 0. The zero-order valence-electron chi connectivity index (χ0n) is 20.9. The summed E-state index contributed by atoms with van der Waals surface area (Å²) in [6, 6.07) is 10.7. The van der Waals surface area contributed by atoms with Crippen LogP contribution in [0.15, 0.2) is 45.6 Å². The van der Waals surface area contributed by atoms with Crippen molar-refractivity contribution in [3.63, 3.8) is 0 Å². The molecule has 196 valence electrons. The topological polar surface area (TPSA) is 80.0 Å². The normalized spacial score (nSPS) is 21.6. The molecule has 8 heteroatoms. The molecule has 6 nitrogen and oxygen atoms in total. The molecule has 0 spiro atoms. The smallest absolute Gasteiger partial charge is 0.339 e. The van der Waals surface area contributed by atoms with Crippen LogP contribution in [0.4, 0.5) is 0 Å². The van der Waals surface area contributed by atoms with Crippen LogP contribution in [0, 0.1) is 12.8 Å². The van der Waals surface area contributed by atoms with E-state index in [9.17, 15) is 14.7 Å². The van der Waals surface area contributed by atoms with Crippen LogP contribution in [0.5, 0.6) is 5.75 Å². The highest BCUT2D eigenvalue weighted by molar-refractivity contribution is 6.42. The predicted octanol–water partition coefficient (Wildman–Crippen LogP) is 6.07. The third-order valence-electron chi connectivity index (χ3n) is 8.02. The number of carbonyl (C=O) groups excluding carboxylic acids is 1. The number of ether oxygens (including phenoxy) is 1. The van der Waals surface area contributed by atoms with Gasteiger partial charge in [-0.15, -0.1) is 0 Å². The average molecular weight is 544 g/mol. The highest BCUT2D eigenvalue weighted by atomic mass is 35.5. The molecule has 1 saturated heterocycles. The van der Waals surface area contributed by atoms with Gasteiger partial charge in [0, 0.05) is 42.4 Å². The number of hydrogen-bond acceptors (Lipinski definition) is 5. The van der Waals surface area contributed by atoms with Gasteiger partial charge in [0.05, 0.1) is 15.6 Å². The molecule has 1 aromatic heterocycles. The number of amides is 1. The van der Waals surface area contributed by atoms with Crippen LogP contribution in [0.3, 0.4) is 0 Å². The summed E-state index contributed by atoms with van der Waals surface area (Å²) in [6.45, 7) is 3.35. The van der Waals surface area contributed by atoms with E-state index in [-0.39, 0.29) is 18.2 Å². The predicted molar refractivity (Wildman–Crippen MR) is 144 cm³/mol. The molecule has 1 N–H and O–H groups in total. The molecule has 0 bridgehead atoms. The molecule has 0 radical (unpaired) electrons. The van der Waals surface area contributed by atoms with Gasteiger partial charge in [-0.25, -0.2) is 4.79 Å². The minimum absolute atomic E-state index is 0.0255. The Labute approximate surface area is 226 Å². The molecule has 2 atom stereocenters. The molecule has 37 heavy (non-hydrogen) atoms. The Morgan fingerprint density at radius 2 is 2.00 bits per heavy atom. The number of hydrogen-bond donors (Lipinski definition) is 1. The molecule has 0 unspecified atom stereocenters. The average Bonchev–Trinajstić information content (AvgIpc) is 2.88. The van der Waals surface area contributed by atoms with Crippen LogP contribution in [0.2, 0.25) is 10.0 Å². The van der Waals surface area contributed by atoms with Crippen molar-refractivity contribution in [3.8, 4) is 5.75 Å². The molecule has 2 aromatic carbocycles. The van der Waals surface area contributed by atoms with E-state index in [1.807, 2.05) is 30.0 Å². The second-order valence-electron chi connectivity index (χ2n) is 10.3. The van der Waals surface area contributed by atoms with E-state index in [0.717, 1.165) is 42.2 Å². The highest BCUT2D eigenvalue weighted by Gasteiger charge is 2.43. The van der Waals surface area contributed by atoms with Crippen LogP contribution in [0.1, 0.15) is 55.2 Å². The maximum Gasteiger partial charge on any atom is 0.339 e. The number of nitrogens with zero attached hydrogens (tertiary/aromatic N) is 1. The number of aryl methyl sites for hydroxylation is 1. The summed E-state index contributed by atoms with van der Waals surface area (Å²) >= 11 is 12.0. The number of likely N-dealkylation sites (tertiary alicyclic amines) is 1. The fraction of sp³-hybridized carbons (Fsp3) is 0.448. The Morgan fingerprint density at radius 3 is 2.81 bits per heavy atom. The van der Waals surface area contributed by atoms with Crippen molar-refractivity contribution in [2.45, 2.75) is 64.1 Å². The van der Waals surface area contributed by atoms with Crippen LogP contribution >= 0.6 is 23.2 Å². The second-order valence-corrected chi connectivity index (χ2v) is 11.1. The van der Waals surface area contributed by atoms with Crippen molar-refractivity contribution in [2.75, 3.05) is 13.1 Å². The minimum atomic E-state index is -0.616. The molecule has 2 heterocycles. The van der Waals surface area contributed by atoms with Crippen molar-refractivity contribution in [1.82, 2.24) is 4.90 Å². The van der Waals surface area contributed by atoms with Crippen LogP contribution < -0.4 is 10.4 Å². The molecule has 5 rings (SSSR count). The van der Waals surface area contributed by atoms with Crippen molar-refractivity contribution in [1.29, 1.82) is 0 Å². The quantitative estimate of drug-likeness (QED) is 0.381. The van der Waals surface area contributed by atoms with Gasteiger partial charge >= 0.3 is 5.63 Å². The van der Waals surface area contributed by atoms with Crippen molar-refractivity contribution >= 4 is 40.1 Å². The van der Waals surface area contributed by atoms with Gasteiger partial charge in [-0.3, -0.25) is 4.79 Å². The molecule has 3 aromatic rings. The van der Waals surface area contributed by atoms with E-state index < -0.39 is 11.2 Å². The first kappa shape index (κ1) is 26.1. The number of piperidine rings is 1. The van der Waals surface area contributed by atoms with Gasteiger partial charge in [-0.1, -0.05) is 42.1 Å². The molecule has 2 fully saturated rings. The van der Waals surface area contributed by atoms with Crippen molar-refractivity contribution in [2.24, 2.45) is 5.92 Å². The summed E-state index contributed by atoms with van der Waals surface area (Å²) in [4.78, 5) is 27.7. The standard InChI is InChI=1S/C29H31Cl2NO5/c1-18-22-7-6-21(36-17-19-5-9-24(30)25(31)14-19)15-26(22)37-28(34)23(18)8-10-27(33)32-13-12-29(35)11-3-2-4-20(29)16-32/h5-7,9,14-15,20,35H,2-4,8,10-13,16-17H2,1H3/t20-,29+/m1/s1. The fourth-order valence-electron chi connectivity index (χ4n) is 5.74. The van der Waals surface area contributed by atoms with Gasteiger partial charge in [0.2, 0.25) is 5.91 Å². The Bertz CT molecular complexity index is 1390. The summed E-state index contributed by atoms with van der Waals surface area (Å²) in [6.07, 6.45) is 5.16. The molecular formula is C29H31Cl2NO5. The monoisotopic (exact) mass is 543 g/mol. The first-order valence-electron chi connectivity index (χ1n) is 12.9. The lowest BCUT2D eigenvalue weighted by Gasteiger charge is -2.47. The number of halogens is 2. The van der Waals surface area contributed by atoms with E-state index in [2.05, 4.69) is 0 Å². The summed E-state index contributed by atoms with van der Waals surface area (Å²) < 4.78 is 11.5. The number of fused-ring (bicyclic) bond motifs is 2. The minimum Gasteiger partial charge on any atom is -0.489 e. The van der Waals surface area contributed by atoms with Gasteiger partial charge < -0.3 is 19.2 Å². The van der Waals surface area contributed by atoms with E-state index in [1.165, 1.54) is 0 Å². The first-order chi connectivity index (χ1) is 17.7. The maximum atomic E-state index is 13.0. The van der Waals surface area contributed by atoms with Crippen LogP contribution in [-0.4, -0.2) is 34.6 Å². The van der Waals surface area contributed by atoms with Crippen LogP contribution in [-0.2, 0) is 17.8 Å². The molecule has 1 aliphatic heterocycles. The van der Waals surface area contributed by atoms with Gasteiger partial charge in [0.15, 0.2) is 0 Å². The van der Waals surface area contributed by atoms with Gasteiger partial charge in [0.25, 0.3) is 0 Å². The van der Waals surface area contributed by atoms with E-state index in [1.54, 1.807) is 18.2 Å². The van der Waals surface area contributed by atoms with Crippen molar-refractivity contribution in [3.05, 3.63) is 73.6 Å². The number of carbonyl (C=O) groups is 1. The van der Waals surface area contributed by atoms with Crippen molar-refractivity contribution < 1.29 is 19.1 Å². The van der Waals surface area contributed by atoms with Crippen LogP contribution in [0.25, 0.3) is 11.0 Å². The number of benzene rings is 2. The third-order valence-corrected chi connectivity index (χ3v) is 8.76. The Hall–Kier alpha value is -2.54. The molecule has 1 saturated carbocycles. The Kier molecular flexibility index (Phi) is 7.53. The Morgan fingerprint density at radius 1 is 1.16 bits per heavy atom. The largest absolute Gasteiger partial charge is 0.489 e. The molecule has 1 amide bonds. The third kappa shape index (κ3) is 5.52. The number of rotatable bonds is 6. The fourth-order valence-corrected chi connectivity index (χ4v) is 6.06. The lowest BCUT2D eigenvalue weighted by Crippen LogP contribution is -2.54. The number of aliphatic hydroxyl groups is 1. The maximum absolute atomic E-state index is 13.0. The van der Waals surface area contributed by atoms with E-state index >= 15 is 0 Å². The molecule has 2 aliphatic rings. The SMILES string of the molecule is Cc1c(CCC(=O)N2CC[C@@]3(O)CCCC[C@@H]3C2)c(=O)oc2cc(OCc3ccc(Cl)c(Cl)c3)ccc12. The highest BCUT2D eigenvalue weighted by Crippen LogP contribution is 2.40. The summed E-state index contributed by atoms with van der Waals surface area (Å²) in [5.74, 6) is 0.744. The lowest BCUT2D eigenvalue weighted by molar-refractivity contribution is -0.143. The molecular weight excluding hydrogens is 513 g/mol. The zero-order valence-corrected chi connectivity index (χ0v) is 22.4. The second kappa shape index (κ2) is 10.7.